The Kier molecular flexibility index (Phi) is 5.00. The summed E-state index contributed by atoms with van der Waals surface area (Å²) in [7, 11) is -2.85. The van der Waals surface area contributed by atoms with Crippen LogP contribution in [0.25, 0.3) is 0 Å². The van der Waals surface area contributed by atoms with E-state index in [1.807, 2.05) is 6.92 Å². The van der Waals surface area contributed by atoms with Crippen molar-refractivity contribution >= 4 is 21.5 Å². The molecular weight excluding hydrogens is 290 g/mol. The number of nitrogens with two attached hydrogens (primary N) is 1. The van der Waals surface area contributed by atoms with Gasteiger partial charge < -0.3 is 10.7 Å². The Labute approximate surface area is 125 Å². The molecule has 1 aromatic heterocycles. The van der Waals surface area contributed by atoms with Gasteiger partial charge in [-0.15, -0.1) is 0 Å². The smallest absolute Gasteiger partial charge is 0.150 e. The highest BCUT2D eigenvalue weighted by Crippen LogP contribution is 2.23. The minimum Gasteiger partial charge on any atom is -0.367 e. The summed E-state index contributed by atoms with van der Waals surface area (Å²) in [5.41, 5.74) is 3.45. The van der Waals surface area contributed by atoms with Gasteiger partial charge in [0.1, 0.15) is 27.3 Å². The van der Waals surface area contributed by atoms with Gasteiger partial charge in [-0.25, -0.2) is 24.2 Å². The van der Waals surface area contributed by atoms with Crippen LogP contribution < -0.4 is 16.6 Å². The van der Waals surface area contributed by atoms with E-state index in [2.05, 4.69) is 27.6 Å². The second-order valence-electron chi connectivity index (χ2n) is 5.43. The van der Waals surface area contributed by atoms with Gasteiger partial charge in [0.2, 0.25) is 0 Å². The molecule has 7 nitrogen and oxygen atoms in total. The zero-order chi connectivity index (χ0) is 15.5. The molecule has 1 saturated heterocycles. The summed E-state index contributed by atoms with van der Waals surface area (Å²) in [6.07, 6.45) is 2.96. The Morgan fingerprint density at radius 1 is 1.24 bits per heavy atom. The lowest BCUT2D eigenvalue weighted by Crippen LogP contribution is -2.33. The third-order valence-electron chi connectivity index (χ3n) is 3.70. The Balaban J connectivity index is 2.17. The van der Waals surface area contributed by atoms with Crippen molar-refractivity contribution in [2.45, 2.75) is 45.6 Å². The molecule has 118 valence electrons. The van der Waals surface area contributed by atoms with Crippen molar-refractivity contribution in [2.24, 2.45) is 5.84 Å². The first-order valence-corrected chi connectivity index (χ1v) is 9.08. The Bertz CT molecular complexity index is 589. The molecule has 2 rings (SSSR count). The van der Waals surface area contributed by atoms with Crippen LogP contribution in [0.2, 0.25) is 0 Å². The van der Waals surface area contributed by atoms with E-state index in [9.17, 15) is 8.42 Å². The van der Waals surface area contributed by atoms with Crippen LogP contribution in [-0.2, 0) is 16.3 Å². The lowest BCUT2D eigenvalue weighted by Gasteiger charge is -2.25. The molecule has 1 aliphatic heterocycles. The number of nitrogen functional groups attached to an aromatic ring is 1. The SMILES string of the molecule is CCCc1nc(NN)c(C)c(NC2CCS(=O)(=O)CC2)n1. The van der Waals surface area contributed by atoms with Crippen LogP contribution in [-0.4, -0.2) is 35.9 Å². The highest BCUT2D eigenvalue weighted by Gasteiger charge is 2.24. The van der Waals surface area contributed by atoms with E-state index in [1.165, 1.54) is 0 Å². The molecule has 0 aromatic carbocycles. The number of sulfone groups is 1. The molecule has 1 aliphatic rings. The molecule has 8 heteroatoms. The Morgan fingerprint density at radius 3 is 2.43 bits per heavy atom. The molecule has 1 aromatic rings. The number of nitrogens with one attached hydrogen (secondary N) is 2. The highest BCUT2D eigenvalue weighted by molar-refractivity contribution is 7.91. The Hall–Kier alpha value is -1.41. The monoisotopic (exact) mass is 313 g/mol. The van der Waals surface area contributed by atoms with Crippen LogP contribution in [0.3, 0.4) is 0 Å². The van der Waals surface area contributed by atoms with Gasteiger partial charge in [-0.1, -0.05) is 6.92 Å². The second-order valence-corrected chi connectivity index (χ2v) is 7.73. The van der Waals surface area contributed by atoms with Crippen LogP contribution in [0.5, 0.6) is 0 Å². The minimum absolute atomic E-state index is 0.127. The first kappa shape index (κ1) is 16.0. The van der Waals surface area contributed by atoms with Crippen molar-refractivity contribution in [1.29, 1.82) is 0 Å². The van der Waals surface area contributed by atoms with E-state index in [0.717, 1.165) is 30.0 Å². The average Bonchev–Trinajstić information content (AvgIpc) is 2.44. The first-order valence-electron chi connectivity index (χ1n) is 7.26. The van der Waals surface area contributed by atoms with Gasteiger partial charge in [0.25, 0.3) is 0 Å². The van der Waals surface area contributed by atoms with E-state index >= 15 is 0 Å². The van der Waals surface area contributed by atoms with Gasteiger partial charge in [0.15, 0.2) is 0 Å². The second kappa shape index (κ2) is 6.57. The molecule has 2 heterocycles. The summed E-state index contributed by atoms with van der Waals surface area (Å²) in [5, 5.41) is 3.35. The molecule has 0 radical (unpaired) electrons. The number of aryl methyl sites for hydroxylation is 1. The molecule has 0 spiro atoms. The van der Waals surface area contributed by atoms with Crippen molar-refractivity contribution in [1.82, 2.24) is 9.97 Å². The largest absolute Gasteiger partial charge is 0.367 e. The number of rotatable bonds is 5. The van der Waals surface area contributed by atoms with Gasteiger partial charge in [-0.2, -0.15) is 0 Å². The maximum Gasteiger partial charge on any atom is 0.150 e. The number of hydrogen-bond acceptors (Lipinski definition) is 7. The molecule has 0 amide bonds. The molecule has 21 heavy (non-hydrogen) atoms. The summed E-state index contributed by atoms with van der Waals surface area (Å²) >= 11 is 0. The predicted octanol–water partition coefficient (Wildman–Crippen LogP) is 1.01. The predicted molar refractivity (Wildman–Crippen MR) is 83.9 cm³/mol. The fourth-order valence-electron chi connectivity index (χ4n) is 2.41. The van der Waals surface area contributed by atoms with E-state index in [-0.39, 0.29) is 17.5 Å². The van der Waals surface area contributed by atoms with Crippen LogP contribution in [0.1, 0.15) is 37.6 Å². The molecule has 4 N–H and O–H groups in total. The van der Waals surface area contributed by atoms with Gasteiger partial charge in [0.05, 0.1) is 11.5 Å². The molecule has 0 atom stereocenters. The molecule has 0 bridgehead atoms. The van der Waals surface area contributed by atoms with E-state index in [4.69, 9.17) is 5.84 Å². The van der Waals surface area contributed by atoms with E-state index in [1.54, 1.807) is 0 Å². The topological polar surface area (TPSA) is 110 Å². The summed E-state index contributed by atoms with van der Waals surface area (Å²) < 4.78 is 23.0. The normalized spacial score (nSPS) is 18.4. The highest BCUT2D eigenvalue weighted by atomic mass is 32.2. The zero-order valence-electron chi connectivity index (χ0n) is 12.5. The van der Waals surface area contributed by atoms with Gasteiger partial charge in [0, 0.05) is 18.0 Å². The fraction of sp³-hybridized carbons (Fsp3) is 0.692. The van der Waals surface area contributed by atoms with Gasteiger partial charge in [-0.05, 0) is 26.2 Å². The van der Waals surface area contributed by atoms with Crippen molar-refractivity contribution < 1.29 is 8.42 Å². The maximum atomic E-state index is 11.5. The minimum atomic E-state index is -2.85. The third kappa shape index (κ3) is 4.04. The van der Waals surface area contributed by atoms with Crippen molar-refractivity contribution in [3.05, 3.63) is 11.4 Å². The third-order valence-corrected chi connectivity index (χ3v) is 5.41. The molecular formula is C13H23N5O2S. The van der Waals surface area contributed by atoms with Crippen molar-refractivity contribution in [3.63, 3.8) is 0 Å². The lowest BCUT2D eigenvalue weighted by molar-refractivity contribution is 0.558. The number of hydrogen-bond donors (Lipinski definition) is 3. The summed E-state index contributed by atoms with van der Waals surface area (Å²) in [5.74, 6) is 8.07. The number of anilines is 2. The molecule has 0 aliphatic carbocycles. The summed E-state index contributed by atoms with van der Waals surface area (Å²) in [4.78, 5) is 8.91. The zero-order valence-corrected chi connectivity index (χ0v) is 13.3. The van der Waals surface area contributed by atoms with Crippen LogP contribution in [0, 0.1) is 6.92 Å². The molecule has 1 fully saturated rings. The van der Waals surface area contributed by atoms with E-state index in [0.29, 0.717) is 18.7 Å². The van der Waals surface area contributed by atoms with Crippen LogP contribution >= 0.6 is 0 Å². The van der Waals surface area contributed by atoms with Gasteiger partial charge >= 0.3 is 0 Å². The van der Waals surface area contributed by atoms with Crippen LogP contribution in [0.4, 0.5) is 11.6 Å². The number of hydrazine groups is 1. The van der Waals surface area contributed by atoms with Crippen molar-refractivity contribution in [2.75, 3.05) is 22.2 Å². The summed E-state index contributed by atoms with van der Waals surface area (Å²) in [6.45, 7) is 3.96. The van der Waals surface area contributed by atoms with Crippen LogP contribution in [0.15, 0.2) is 0 Å². The standard InChI is InChI=1S/C13H23N5O2S/c1-3-4-11-16-12(9(2)13(17-11)18-14)15-10-5-7-21(19,20)8-6-10/h10H,3-8,14H2,1-2H3,(H2,15,16,17,18). The quantitative estimate of drug-likeness (QED) is 0.549. The average molecular weight is 313 g/mol. The number of aromatic nitrogens is 2. The lowest BCUT2D eigenvalue weighted by atomic mass is 10.1. The van der Waals surface area contributed by atoms with Crippen molar-refractivity contribution in [3.8, 4) is 0 Å². The fourth-order valence-corrected chi connectivity index (χ4v) is 3.90. The molecule has 0 unspecified atom stereocenters. The van der Waals surface area contributed by atoms with E-state index < -0.39 is 9.84 Å². The number of nitrogens with zero attached hydrogens (tertiary/aromatic N) is 2. The maximum absolute atomic E-state index is 11.5. The molecule has 0 saturated carbocycles. The van der Waals surface area contributed by atoms with Gasteiger partial charge in [-0.3, -0.25) is 0 Å². The summed E-state index contributed by atoms with van der Waals surface area (Å²) in [6, 6.07) is 0.127. The Morgan fingerprint density at radius 2 is 1.86 bits per heavy atom. The first-order chi connectivity index (χ1) is 9.95.